The molecule has 0 radical (unpaired) electrons. The molecule has 2 aromatic carbocycles. The van der Waals surface area contributed by atoms with Crippen LogP contribution in [0.2, 0.25) is 0 Å². The van der Waals surface area contributed by atoms with Gasteiger partial charge in [-0.1, -0.05) is 43.3 Å². The van der Waals surface area contributed by atoms with E-state index in [0.717, 1.165) is 23.3 Å². The van der Waals surface area contributed by atoms with Crippen LogP contribution >= 0.6 is 0 Å². The van der Waals surface area contributed by atoms with Gasteiger partial charge in [0, 0.05) is 23.5 Å². The number of hydrogen-bond donors (Lipinski definition) is 4. The Hall–Kier alpha value is -3.54. The van der Waals surface area contributed by atoms with Gasteiger partial charge in [0.2, 0.25) is 0 Å². The Labute approximate surface area is 156 Å². The SMILES string of the molecule is CC(c1ccc(O)cc1)(c1ccc(O)cc1)C(C=CC(=O)O)C=CC(=O)O. The van der Waals surface area contributed by atoms with Crippen molar-refractivity contribution in [3.05, 3.63) is 84.0 Å². The quantitative estimate of drug-likeness (QED) is 0.558. The predicted molar refractivity (Wildman–Crippen MR) is 99.7 cm³/mol. The van der Waals surface area contributed by atoms with E-state index in [1.165, 1.54) is 36.4 Å². The van der Waals surface area contributed by atoms with Gasteiger partial charge in [-0.3, -0.25) is 0 Å². The van der Waals surface area contributed by atoms with Crippen LogP contribution in [0, 0.1) is 5.92 Å². The smallest absolute Gasteiger partial charge is 0.327 e. The molecule has 6 heteroatoms. The van der Waals surface area contributed by atoms with Crippen molar-refractivity contribution in [3.8, 4) is 11.5 Å². The fraction of sp³-hybridized carbons (Fsp3) is 0.143. The van der Waals surface area contributed by atoms with Gasteiger partial charge in [0.25, 0.3) is 0 Å². The predicted octanol–water partition coefficient (Wildman–Crippen LogP) is 3.30. The van der Waals surface area contributed by atoms with Crippen molar-refractivity contribution in [1.29, 1.82) is 0 Å². The van der Waals surface area contributed by atoms with E-state index >= 15 is 0 Å². The molecule has 0 atom stereocenters. The Morgan fingerprint density at radius 3 is 1.41 bits per heavy atom. The highest BCUT2D eigenvalue weighted by Crippen LogP contribution is 2.41. The second-order valence-electron chi connectivity index (χ2n) is 6.22. The Balaban J connectivity index is 2.69. The monoisotopic (exact) mass is 368 g/mol. The first-order valence-electron chi connectivity index (χ1n) is 8.14. The van der Waals surface area contributed by atoms with E-state index in [-0.39, 0.29) is 11.5 Å². The van der Waals surface area contributed by atoms with Crippen molar-refractivity contribution in [2.45, 2.75) is 12.3 Å². The standard InChI is InChI=1S/C21H20O6/c1-21(14-2-8-17(22)9-3-14,15-4-10-18(23)11-5-15)16(6-12-19(24)25)7-13-20(26)27/h2-13,16,22-23H,1H3,(H,24,25)(H,26,27). The Bertz CT molecular complexity index is 793. The molecule has 0 bridgehead atoms. The van der Waals surface area contributed by atoms with E-state index < -0.39 is 23.3 Å². The summed E-state index contributed by atoms with van der Waals surface area (Å²) in [7, 11) is 0. The number of hydrogen-bond acceptors (Lipinski definition) is 4. The van der Waals surface area contributed by atoms with E-state index in [0.29, 0.717) is 0 Å². The van der Waals surface area contributed by atoms with Crippen LogP contribution in [0.25, 0.3) is 0 Å². The first-order chi connectivity index (χ1) is 12.7. The second-order valence-corrected chi connectivity index (χ2v) is 6.22. The molecule has 0 aliphatic heterocycles. The highest BCUT2D eigenvalue weighted by Gasteiger charge is 2.35. The number of carbonyl (C=O) groups is 2. The highest BCUT2D eigenvalue weighted by molar-refractivity contribution is 5.81. The van der Waals surface area contributed by atoms with Crippen molar-refractivity contribution in [3.63, 3.8) is 0 Å². The Morgan fingerprint density at radius 1 is 0.778 bits per heavy atom. The number of benzene rings is 2. The third-order valence-corrected chi connectivity index (χ3v) is 4.49. The molecule has 0 aromatic heterocycles. The van der Waals surface area contributed by atoms with E-state index in [1.54, 1.807) is 24.3 Å². The molecule has 0 spiro atoms. The molecule has 0 fully saturated rings. The average Bonchev–Trinajstić information content (AvgIpc) is 2.62. The number of aliphatic carboxylic acids is 2. The van der Waals surface area contributed by atoms with Gasteiger partial charge in [-0.2, -0.15) is 0 Å². The van der Waals surface area contributed by atoms with Gasteiger partial charge in [-0.25, -0.2) is 9.59 Å². The molecule has 2 rings (SSSR count). The van der Waals surface area contributed by atoms with Crippen LogP contribution in [-0.4, -0.2) is 32.4 Å². The third kappa shape index (κ3) is 4.76. The summed E-state index contributed by atoms with van der Waals surface area (Å²) >= 11 is 0. The number of rotatable bonds is 7. The fourth-order valence-electron chi connectivity index (χ4n) is 2.99. The zero-order chi connectivity index (χ0) is 20.0. The topological polar surface area (TPSA) is 115 Å². The zero-order valence-corrected chi connectivity index (χ0v) is 14.6. The minimum Gasteiger partial charge on any atom is -0.508 e. The maximum Gasteiger partial charge on any atom is 0.327 e. The molecule has 0 saturated heterocycles. The molecule has 0 unspecified atom stereocenters. The molecule has 6 nitrogen and oxygen atoms in total. The maximum absolute atomic E-state index is 11.0. The summed E-state index contributed by atoms with van der Waals surface area (Å²) in [5.74, 6) is -2.78. The summed E-state index contributed by atoms with van der Waals surface area (Å²) in [6, 6.07) is 12.8. The van der Waals surface area contributed by atoms with Gasteiger partial charge < -0.3 is 20.4 Å². The summed E-state index contributed by atoms with van der Waals surface area (Å²) in [5, 5.41) is 37.3. The number of carboxylic acids is 2. The lowest BCUT2D eigenvalue weighted by Crippen LogP contribution is -2.31. The van der Waals surface area contributed by atoms with Gasteiger partial charge in [0.1, 0.15) is 11.5 Å². The number of phenols is 2. The van der Waals surface area contributed by atoms with Crippen molar-refractivity contribution in [2.24, 2.45) is 5.92 Å². The first-order valence-corrected chi connectivity index (χ1v) is 8.14. The van der Waals surface area contributed by atoms with Gasteiger partial charge >= 0.3 is 11.9 Å². The Kier molecular flexibility index (Phi) is 6.03. The summed E-state index contributed by atoms with van der Waals surface area (Å²) < 4.78 is 0. The highest BCUT2D eigenvalue weighted by atomic mass is 16.4. The summed E-state index contributed by atoms with van der Waals surface area (Å²) in [6.45, 7) is 1.84. The lowest BCUT2D eigenvalue weighted by atomic mass is 9.67. The molecule has 27 heavy (non-hydrogen) atoms. The maximum atomic E-state index is 11.0. The molecular weight excluding hydrogens is 348 g/mol. The van der Waals surface area contributed by atoms with Crippen LogP contribution in [-0.2, 0) is 15.0 Å². The van der Waals surface area contributed by atoms with Crippen LogP contribution in [0.3, 0.4) is 0 Å². The van der Waals surface area contributed by atoms with E-state index in [2.05, 4.69) is 0 Å². The van der Waals surface area contributed by atoms with Crippen molar-refractivity contribution >= 4 is 11.9 Å². The van der Waals surface area contributed by atoms with Crippen LogP contribution < -0.4 is 0 Å². The lowest BCUT2D eigenvalue weighted by molar-refractivity contribution is -0.132. The third-order valence-electron chi connectivity index (χ3n) is 4.49. The number of carboxylic acid groups (broad SMARTS) is 2. The van der Waals surface area contributed by atoms with Crippen LogP contribution in [0.4, 0.5) is 0 Å². The average molecular weight is 368 g/mol. The number of allylic oxidation sites excluding steroid dienone is 2. The largest absolute Gasteiger partial charge is 0.508 e. The molecule has 140 valence electrons. The minimum atomic E-state index is -1.15. The van der Waals surface area contributed by atoms with Crippen molar-refractivity contribution in [1.82, 2.24) is 0 Å². The lowest BCUT2D eigenvalue weighted by Gasteiger charge is -2.36. The van der Waals surface area contributed by atoms with Crippen LogP contribution in [0.1, 0.15) is 18.1 Å². The second kappa shape index (κ2) is 8.23. The first kappa shape index (κ1) is 19.8. The summed E-state index contributed by atoms with van der Waals surface area (Å²) in [6.07, 6.45) is 4.77. The molecule has 0 aliphatic rings. The van der Waals surface area contributed by atoms with Gasteiger partial charge in [-0.05, 0) is 35.4 Å². The van der Waals surface area contributed by atoms with Crippen molar-refractivity contribution in [2.75, 3.05) is 0 Å². The molecule has 0 aliphatic carbocycles. The van der Waals surface area contributed by atoms with Gasteiger partial charge in [0.05, 0.1) is 0 Å². The van der Waals surface area contributed by atoms with Crippen molar-refractivity contribution < 1.29 is 30.0 Å². The summed E-state index contributed by atoms with van der Waals surface area (Å²) in [5.41, 5.74) is 0.612. The van der Waals surface area contributed by atoms with E-state index in [9.17, 15) is 19.8 Å². The normalized spacial score (nSPS) is 13.1. The zero-order valence-electron chi connectivity index (χ0n) is 14.6. The molecule has 0 amide bonds. The molecule has 0 heterocycles. The molecular formula is C21H20O6. The van der Waals surface area contributed by atoms with Gasteiger partial charge in [-0.15, -0.1) is 0 Å². The summed E-state index contributed by atoms with van der Waals surface area (Å²) in [4.78, 5) is 22.1. The van der Waals surface area contributed by atoms with Crippen LogP contribution in [0.5, 0.6) is 11.5 Å². The fourth-order valence-corrected chi connectivity index (χ4v) is 2.99. The van der Waals surface area contributed by atoms with Gasteiger partial charge in [0.15, 0.2) is 0 Å². The molecule has 2 aromatic rings. The van der Waals surface area contributed by atoms with Crippen LogP contribution in [0.15, 0.2) is 72.8 Å². The molecule has 4 N–H and O–H groups in total. The minimum absolute atomic E-state index is 0.0745. The Morgan fingerprint density at radius 2 is 1.11 bits per heavy atom. The number of phenolic OH excluding ortho intramolecular Hbond substituents is 2. The van der Waals surface area contributed by atoms with E-state index in [4.69, 9.17) is 10.2 Å². The number of aromatic hydroxyl groups is 2. The molecule has 0 saturated carbocycles. The van der Waals surface area contributed by atoms with E-state index in [1.807, 2.05) is 6.92 Å².